The molecule has 2 unspecified atom stereocenters. The van der Waals surface area contributed by atoms with Crippen molar-refractivity contribution in [1.82, 2.24) is 5.32 Å². The number of carbonyl (C=O) groups excluding carboxylic acids is 3. The van der Waals surface area contributed by atoms with Crippen molar-refractivity contribution >= 4 is 18.0 Å². The van der Waals surface area contributed by atoms with Gasteiger partial charge < -0.3 is 18.9 Å². The molecule has 8 nitrogen and oxygen atoms in total. The van der Waals surface area contributed by atoms with Crippen LogP contribution in [0.3, 0.4) is 0 Å². The average Bonchev–Trinajstić information content (AvgIpc) is 2.67. The Balaban J connectivity index is 2.82. The number of benzene rings is 1. The van der Waals surface area contributed by atoms with E-state index >= 15 is 0 Å². The Morgan fingerprint density at radius 3 is 1.96 bits per heavy atom. The molecule has 1 rings (SSSR count). The van der Waals surface area contributed by atoms with Crippen LogP contribution in [0.2, 0.25) is 0 Å². The average molecular weight is 395 g/mol. The van der Waals surface area contributed by atoms with Crippen LogP contribution in [-0.2, 0) is 35.1 Å². The predicted molar refractivity (Wildman–Crippen MR) is 101 cm³/mol. The first-order valence-corrected chi connectivity index (χ1v) is 9.36. The summed E-state index contributed by atoms with van der Waals surface area (Å²) < 4.78 is 20.7. The zero-order valence-electron chi connectivity index (χ0n) is 16.8. The van der Waals surface area contributed by atoms with Crippen LogP contribution in [0.5, 0.6) is 0 Å². The van der Waals surface area contributed by atoms with Crippen molar-refractivity contribution in [2.24, 2.45) is 11.8 Å². The third kappa shape index (κ3) is 7.56. The van der Waals surface area contributed by atoms with Gasteiger partial charge in [0, 0.05) is 12.5 Å². The highest BCUT2D eigenvalue weighted by Gasteiger charge is 2.40. The molecule has 0 heterocycles. The third-order valence-corrected chi connectivity index (χ3v) is 3.90. The van der Waals surface area contributed by atoms with Crippen LogP contribution in [-0.4, -0.2) is 44.1 Å². The number of amides is 1. The van der Waals surface area contributed by atoms with E-state index in [9.17, 15) is 14.4 Å². The molecule has 28 heavy (non-hydrogen) atoms. The molecular weight excluding hydrogens is 366 g/mol. The van der Waals surface area contributed by atoms with Gasteiger partial charge in [-0.2, -0.15) is 0 Å². The van der Waals surface area contributed by atoms with Crippen molar-refractivity contribution < 1.29 is 33.3 Å². The molecule has 0 aromatic heterocycles. The maximum Gasteiger partial charge on any atom is 0.409 e. The zero-order valence-corrected chi connectivity index (χ0v) is 16.8. The van der Waals surface area contributed by atoms with E-state index in [1.54, 1.807) is 27.7 Å². The van der Waals surface area contributed by atoms with Gasteiger partial charge in [-0.15, -0.1) is 0 Å². The highest BCUT2D eigenvalue weighted by Crippen LogP contribution is 2.21. The van der Waals surface area contributed by atoms with Gasteiger partial charge in [0.1, 0.15) is 12.8 Å². The van der Waals surface area contributed by atoms with Crippen molar-refractivity contribution in [2.75, 3.05) is 19.8 Å². The highest BCUT2D eigenvalue weighted by atomic mass is 16.6. The minimum Gasteiger partial charge on any atom is -0.465 e. The minimum atomic E-state index is -1.23. The van der Waals surface area contributed by atoms with Crippen LogP contribution in [0.25, 0.3) is 0 Å². The summed E-state index contributed by atoms with van der Waals surface area (Å²) in [5.74, 6) is -3.41. The summed E-state index contributed by atoms with van der Waals surface area (Å²) in [6.07, 6.45) is -1.66. The molecule has 1 N–H and O–H groups in total. The van der Waals surface area contributed by atoms with E-state index in [4.69, 9.17) is 18.9 Å². The maximum absolute atomic E-state index is 12.3. The number of alkyl carbamates (subject to hydrolysis) is 1. The largest absolute Gasteiger partial charge is 0.465 e. The molecule has 0 fully saturated rings. The minimum absolute atomic E-state index is 0.0824. The molecule has 0 aliphatic heterocycles. The number of carbonyl (C=O) groups is 3. The smallest absolute Gasteiger partial charge is 0.409 e. The van der Waals surface area contributed by atoms with Gasteiger partial charge in [0.25, 0.3) is 0 Å². The summed E-state index contributed by atoms with van der Waals surface area (Å²) in [4.78, 5) is 36.7. The third-order valence-electron chi connectivity index (χ3n) is 3.90. The SMILES string of the molecule is CCOC(=O)C(C(=O)OCC)C(C)C(NC(=O)OCc1ccccc1)OCC. The molecule has 0 saturated heterocycles. The molecule has 0 aliphatic rings. The molecule has 1 aromatic rings. The van der Waals surface area contributed by atoms with Gasteiger partial charge in [0.15, 0.2) is 5.92 Å². The van der Waals surface area contributed by atoms with E-state index in [-0.39, 0.29) is 26.4 Å². The lowest BCUT2D eigenvalue weighted by molar-refractivity contribution is -0.167. The second kappa shape index (κ2) is 12.7. The summed E-state index contributed by atoms with van der Waals surface area (Å²) in [6.45, 7) is 7.21. The number of esters is 2. The molecule has 2 atom stereocenters. The lowest BCUT2D eigenvalue weighted by Gasteiger charge is -2.28. The van der Waals surface area contributed by atoms with Crippen LogP contribution < -0.4 is 5.32 Å². The van der Waals surface area contributed by atoms with Gasteiger partial charge in [-0.05, 0) is 26.3 Å². The summed E-state index contributed by atoms with van der Waals surface area (Å²) in [6, 6.07) is 9.19. The molecule has 1 aromatic carbocycles. The predicted octanol–water partition coefficient (Wildman–Crippen LogP) is 2.65. The van der Waals surface area contributed by atoms with Crippen LogP contribution in [0, 0.1) is 11.8 Å². The molecule has 1 amide bonds. The van der Waals surface area contributed by atoms with Gasteiger partial charge in [-0.25, -0.2) is 4.79 Å². The molecule has 0 bridgehead atoms. The van der Waals surface area contributed by atoms with Gasteiger partial charge >= 0.3 is 18.0 Å². The van der Waals surface area contributed by atoms with Gasteiger partial charge in [-0.3, -0.25) is 14.9 Å². The normalized spacial score (nSPS) is 12.8. The Bertz CT molecular complexity index is 602. The number of hydrogen-bond acceptors (Lipinski definition) is 7. The van der Waals surface area contributed by atoms with E-state index in [0.29, 0.717) is 0 Å². The molecule has 0 aliphatic carbocycles. The fraction of sp³-hybridized carbons (Fsp3) is 0.550. The van der Waals surface area contributed by atoms with E-state index in [1.165, 1.54) is 0 Å². The Morgan fingerprint density at radius 1 is 0.893 bits per heavy atom. The number of ether oxygens (including phenoxy) is 4. The molecule has 0 spiro atoms. The topological polar surface area (TPSA) is 100 Å². The van der Waals surface area contributed by atoms with Crippen LogP contribution in [0.4, 0.5) is 4.79 Å². The lowest BCUT2D eigenvalue weighted by Crippen LogP contribution is -2.48. The van der Waals surface area contributed by atoms with Crippen molar-refractivity contribution in [3.63, 3.8) is 0 Å². The highest BCUT2D eigenvalue weighted by molar-refractivity contribution is 5.95. The Morgan fingerprint density at radius 2 is 1.46 bits per heavy atom. The van der Waals surface area contributed by atoms with Crippen molar-refractivity contribution in [2.45, 2.75) is 40.5 Å². The summed E-state index contributed by atoms with van der Waals surface area (Å²) in [5.41, 5.74) is 0.828. The second-order valence-electron chi connectivity index (χ2n) is 5.92. The maximum atomic E-state index is 12.3. The van der Waals surface area contributed by atoms with Crippen molar-refractivity contribution in [3.05, 3.63) is 35.9 Å². The summed E-state index contributed by atoms with van der Waals surface area (Å²) >= 11 is 0. The molecule has 8 heteroatoms. The number of nitrogens with one attached hydrogen (secondary N) is 1. The van der Waals surface area contributed by atoms with E-state index in [1.807, 2.05) is 30.3 Å². The van der Waals surface area contributed by atoms with Crippen LogP contribution >= 0.6 is 0 Å². The molecular formula is C20H29NO7. The monoisotopic (exact) mass is 395 g/mol. The van der Waals surface area contributed by atoms with Gasteiger partial charge in [0.2, 0.25) is 0 Å². The molecule has 156 valence electrons. The van der Waals surface area contributed by atoms with E-state index in [0.717, 1.165) is 5.56 Å². The first kappa shape index (κ1) is 23.4. The first-order valence-electron chi connectivity index (χ1n) is 9.36. The number of rotatable bonds is 11. The summed E-state index contributed by atoms with van der Waals surface area (Å²) in [7, 11) is 0. The van der Waals surface area contributed by atoms with Crippen molar-refractivity contribution in [1.29, 1.82) is 0 Å². The van der Waals surface area contributed by atoms with E-state index < -0.39 is 36.1 Å². The Hall–Kier alpha value is -2.61. The zero-order chi connectivity index (χ0) is 20.9. The fourth-order valence-electron chi connectivity index (χ4n) is 2.55. The molecule has 0 saturated carbocycles. The Kier molecular flexibility index (Phi) is 10.6. The van der Waals surface area contributed by atoms with Crippen LogP contribution in [0.1, 0.15) is 33.3 Å². The molecule has 0 radical (unpaired) electrons. The van der Waals surface area contributed by atoms with Gasteiger partial charge in [0.05, 0.1) is 13.2 Å². The van der Waals surface area contributed by atoms with Crippen molar-refractivity contribution in [3.8, 4) is 0 Å². The summed E-state index contributed by atoms with van der Waals surface area (Å²) in [5, 5.41) is 2.56. The van der Waals surface area contributed by atoms with E-state index in [2.05, 4.69) is 5.32 Å². The van der Waals surface area contributed by atoms with Gasteiger partial charge in [-0.1, -0.05) is 37.3 Å². The fourth-order valence-corrected chi connectivity index (χ4v) is 2.55. The second-order valence-corrected chi connectivity index (χ2v) is 5.92. The quantitative estimate of drug-likeness (QED) is 0.266. The first-order chi connectivity index (χ1) is 13.4. The lowest BCUT2D eigenvalue weighted by atomic mass is 9.92. The standard InChI is InChI=1S/C20H29NO7/c1-5-25-17(21-20(24)28-13-15-11-9-8-10-12-15)14(4)16(18(22)26-6-2)19(23)27-7-3/h8-12,14,16-17H,5-7,13H2,1-4H3,(H,21,24). The Labute approximate surface area is 165 Å². The van der Waals surface area contributed by atoms with Crippen LogP contribution in [0.15, 0.2) is 30.3 Å². The number of hydrogen-bond donors (Lipinski definition) is 1.